The van der Waals surface area contributed by atoms with Crippen LogP contribution in [0, 0.1) is 5.92 Å². The largest absolute Gasteiger partial charge is 0.469 e. The highest BCUT2D eigenvalue weighted by Crippen LogP contribution is 2.10. The Labute approximate surface area is 82.2 Å². The molecule has 0 aromatic heterocycles. The van der Waals surface area contributed by atoms with E-state index >= 15 is 0 Å². The molecule has 0 aromatic carbocycles. The summed E-state index contributed by atoms with van der Waals surface area (Å²) in [5, 5.41) is 0. The number of hydrogen-bond acceptors (Lipinski definition) is 4. The molecule has 0 bridgehead atoms. The van der Waals surface area contributed by atoms with Crippen LogP contribution < -0.4 is 5.73 Å². The zero-order valence-electron chi connectivity index (χ0n) is 7.91. The van der Waals surface area contributed by atoms with Crippen LogP contribution in [-0.2, 0) is 14.3 Å². The van der Waals surface area contributed by atoms with E-state index in [4.69, 9.17) is 5.73 Å². The van der Waals surface area contributed by atoms with E-state index in [1.54, 1.807) is 6.92 Å². The van der Waals surface area contributed by atoms with Crippen molar-refractivity contribution in [3.8, 4) is 0 Å². The van der Waals surface area contributed by atoms with E-state index in [0.717, 1.165) is 0 Å². The molecule has 5 heteroatoms. The van der Waals surface area contributed by atoms with Crippen LogP contribution in [-0.4, -0.2) is 30.5 Å². The Morgan fingerprint density at radius 2 is 2.15 bits per heavy atom. The molecule has 0 aliphatic carbocycles. The number of primary amides is 1. The Balaban J connectivity index is 3.42. The van der Waals surface area contributed by atoms with E-state index in [0.29, 0.717) is 17.9 Å². The Hall–Kier alpha value is -0.710. The Bertz CT molecular complexity index is 184. The van der Waals surface area contributed by atoms with E-state index in [9.17, 15) is 9.59 Å². The van der Waals surface area contributed by atoms with Crippen molar-refractivity contribution < 1.29 is 14.3 Å². The molecule has 0 aromatic rings. The van der Waals surface area contributed by atoms with Crippen molar-refractivity contribution in [3.05, 3.63) is 0 Å². The summed E-state index contributed by atoms with van der Waals surface area (Å²) in [4.78, 5) is 21.3. The molecule has 0 radical (unpaired) electrons. The number of thioether (sulfide) groups is 1. The maximum atomic E-state index is 10.9. The number of esters is 1. The second-order valence-electron chi connectivity index (χ2n) is 2.72. The van der Waals surface area contributed by atoms with Crippen LogP contribution >= 0.6 is 11.8 Å². The summed E-state index contributed by atoms with van der Waals surface area (Å²) in [7, 11) is 1.37. The Morgan fingerprint density at radius 1 is 1.54 bits per heavy atom. The minimum absolute atomic E-state index is 0.122. The fourth-order valence-corrected chi connectivity index (χ4v) is 1.70. The van der Waals surface area contributed by atoms with E-state index < -0.39 is 0 Å². The van der Waals surface area contributed by atoms with Crippen molar-refractivity contribution in [2.24, 2.45) is 11.7 Å². The second kappa shape index (κ2) is 6.77. The quantitative estimate of drug-likeness (QED) is 0.503. The first-order valence-corrected chi connectivity index (χ1v) is 5.17. The molecule has 0 spiro atoms. The number of ether oxygens (including phenoxy) is 1. The molecule has 0 saturated carbocycles. The molecule has 1 amide bonds. The maximum absolute atomic E-state index is 10.9. The fourth-order valence-electron chi connectivity index (χ4n) is 0.702. The molecular weight excluding hydrogens is 190 g/mol. The zero-order valence-corrected chi connectivity index (χ0v) is 8.73. The lowest BCUT2D eigenvalue weighted by atomic mass is 10.2. The van der Waals surface area contributed by atoms with Crippen LogP contribution in [0.5, 0.6) is 0 Å². The number of nitrogens with two attached hydrogens (primary N) is 1. The summed E-state index contributed by atoms with van der Waals surface area (Å²) in [6.45, 7) is 1.79. The molecule has 13 heavy (non-hydrogen) atoms. The molecule has 0 heterocycles. The normalized spacial score (nSPS) is 12.2. The molecule has 1 unspecified atom stereocenters. The van der Waals surface area contributed by atoms with Gasteiger partial charge in [-0.05, 0) is 0 Å². The van der Waals surface area contributed by atoms with Gasteiger partial charge in [0.1, 0.15) is 0 Å². The van der Waals surface area contributed by atoms with Gasteiger partial charge in [-0.1, -0.05) is 6.92 Å². The van der Waals surface area contributed by atoms with Gasteiger partial charge in [-0.15, -0.1) is 0 Å². The van der Waals surface area contributed by atoms with Gasteiger partial charge in [0.2, 0.25) is 5.91 Å². The van der Waals surface area contributed by atoms with Crippen LogP contribution in [0.3, 0.4) is 0 Å². The first kappa shape index (κ1) is 12.3. The number of carbonyl (C=O) groups is 2. The smallest absolute Gasteiger partial charge is 0.309 e. The molecule has 76 valence electrons. The summed E-state index contributed by atoms with van der Waals surface area (Å²) < 4.78 is 4.55. The number of carbonyl (C=O) groups excluding carboxylic acids is 2. The minimum atomic E-state index is -0.307. The van der Waals surface area contributed by atoms with E-state index in [1.807, 2.05) is 0 Å². The standard InChI is InChI=1S/C8H15NO3S/c1-6(8(11)12-2)5-13-4-3-7(9)10/h6H,3-5H2,1-2H3,(H2,9,10). The third-order valence-electron chi connectivity index (χ3n) is 1.46. The van der Waals surface area contributed by atoms with Crippen molar-refractivity contribution >= 4 is 23.6 Å². The van der Waals surface area contributed by atoms with Gasteiger partial charge in [-0.25, -0.2) is 0 Å². The summed E-state index contributed by atoms with van der Waals surface area (Å²) in [6.07, 6.45) is 0.360. The molecule has 4 nitrogen and oxygen atoms in total. The van der Waals surface area contributed by atoms with Crippen molar-refractivity contribution in [2.75, 3.05) is 18.6 Å². The molecule has 2 N–H and O–H groups in total. The lowest BCUT2D eigenvalue weighted by Crippen LogP contribution is -2.16. The molecule has 1 atom stereocenters. The number of amides is 1. The van der Waals surface area contributed by atoms with Gasteiger partial charge in [0.05, 0.1) is 13.0 Å². The van der Waals surface area contributed by atoms with Gasteiger partial charge in [-0.2, -0.15) is 11.8 Å². The lowest BCUT2D eigenvalue weighted by molar-refractivity contribution is -0.144. The number of hydrogen-bond donors (Lipinski definition) is 1. The minimum Gasteiger partial charge on any atom is -0.469 e. The van der Waals surface area contributed by atoms with Crippen molar-refractivity contribution in [1.82, 2.24) is 0 Å². The van der Waals surface area contributed by atoms with Gasteiger partial charge >= 0.3 is 5.97 Å². The molecular formula is C8H15NO3S. The van der Waals surface area contributed by atoms with Crippen LogP contribution in [0.2, 0.25) is 0 Å². The van der Waals surface area contributed by atoms with Crippen molar-refractivity contribution in [3.63, 3.8) is 0 Å². The molecule has 0 aliphatic rings. The third-order valence-corrected chi connectivity index (χ3v) is 2.69. The summed E-state index contributed by atoms with van der Waals surface area (Å²) in [5.41, 5.74) is 4.95. The van der Waals surface area contributed by atoms with E-state index in [1.165, 1.54) is 18.9 Å². The Kier molecular flexibility index (Phi) is 6.40. The molecule has 0 rings (SSSR count). The van der Waals surface area contributed by atoms with Crippen molar-refractivity contribution in [1.29, 1.82) is 0 Å². The van der Waals surface area contributed by atoms with Crippen LogP contribution in [0.25, 0.3) is 0 Å². The van der Waals surface area contributed by atoms with Crippen molar-refractivity contribution in [2.45, 2.75) is 13.3 Å². The monoisotopic (exact) mass is 205 g/mol. The van der Waals surface area contributed by atoms with Crippen LogP contribution in [0.1, 0.15) is 13.3 Å². The summed E-state index contributed by atoms with van der Waals surface area (Å²) in [6, 6.07) is 0. The highest BCUT2D eigenvalue weighted by molar-refractivity contribution is 7.99. The first-order valence-electron chi connectivity index (χ1n) is 4.01. The maximum Gasteiger partial charge on any atom is 0.309 e. The van der Waals surface area contributed by atoms with Crippen LogP contribution in [0.4, 0.5) is 0 Å². The summed E-state index contributed by atoms with van der Waals surface area (Å²) in [5.74, 6) is 0.684. The van der Waals surface area contributed by atoms with Gasteiger partial charge in [-0.3, -0.25) is 9.59 Å². The highest BCUT2D eigenvalue weighted by Gasteiger charge is 2.12. The van der Waals surface area contributed by atoms with E-state index in [-0.39, 0.29) is 17.8 Å². The fraction of sp³-hybridized carbons (Fsp3) is 0.750. The third kappa shape index (κ3) is 6.45. The average Bonchev–Trinajstić information content (AvgIpc) is 2.10. The zero-order chi connectivity index (χ0) is 10.3. The highest BCUT2D eigenvalue weighted by atomic mass is 32.2. The molecule has 0 saturated heterocycles. The first-order chi connectivity index (χ1) is 6.07. The Morgan fingerprint density at radius 3 is 2.62 bits per heavy atom. The van der Waals surface area contributed by atoms with Gasteiger partial charge in [0.15, 0.2) is 0 Å². The average molecular weight is 205 g/mol. The SMILES string of the molecule is COC(=O)C(C)CSCCC(N)=O. The van der Waals surface area contributed by atoms with Gasteiger partial charge < -0.3 is 10.5 Å². The van der Waals surface area contributed by atoms with Crippen LogP contribution in [0.15, 0.2) is 0 Å². The summed E-state index contributed by atoms with van der Waals surface area (Å²) >= 11 is 1.53. The topological polar surface area (TPSA) is 69.4 Å². The van der Waals surface area contributed by atoms with Gasteiger partial charge in [0, 0.05) is 17.9 Å². The molecule has 0 aliphatic heterocycles. The number of methoxy groups -OCH3 is 1. The molecule has 0 fully saturated rings. The van der Waals surface area contributed by atoms with E-state index in [2.05, 4.69) is 4.74 Å². The predicted molar refractivity (Wildman–Crippen MR) is 52.3 cm³/mol. The number of rotatable bonds is 6. The second-order valence-corrected chi connectivity index (χ2v) is 3.87. The lowest BCUT2D eigenvalue weighted by Gasteiger charge is -2.07. The predicted octanol–water partition coefficient (Wildman–Crippen LogP) is 0.404. The van der Waals surface area contributed by atoms with Gasteiger partial charge in [0.25, 0.3) is 0 Å².